The van der Waals surface area contributed by atoms with Crippen LogP contribution < -0.4 is 0 Å². The Morgan fingerprint density at radius 1 is 1.16 bits per heavy atom. The van der Waals surface area contributed by atoms with Crippen molar-refractivity contribution >= 4 is 5.70 Å². The zero-order valence-corrected chi connectivity index (χ0v) is 17.9. The van der Waals surface area contributed by atoms with Gasteiger partial charge in [-0.15, -0.1) is 0 Å². The predicted octanol–water partition coefficient (Wildman–Crippen LogP) is 6.25. The summed E-state index contributed by atoms with van der Waals surface area (Å²) in [6, 6.07) is 9.72. The number of hydrogen-bond acceptors (Lipinski definition) is 4. The summed E-state index contributed by atoms with van der Waals surface area (Å²) in [5.41, 5.74) is 1.32. The Hall–Kier alpha value is -2.94. The molecule has 2 fully saturated rings. The molecule has 5 rings (SSSR count). The topological polar surface area (TPSA) is 61.4 Å². The van der Waals surface area contributed by atoms with Crippen LogP contribution in [0.4, 0.5) is 8.78 Å². The molecular formula is C25H24F2N4. The van der Waals surface area contributed by atoms with Crippen LogP contribution in [0.5, 0.6) is 0 Å². The monoisotopic (exact) mass is 418 g/mol. The van der Waals surface area contributed by atoms with Gasteiger partial charge in [-0.05, 0) is 61.9 Å². The molecule has 2 aliphatic carbocycles. The van der Waals surface area contributed by atoms with E-state index in [1.165, 1.54) is 18.2 Å². The third kappa shape index (κ3) is 2.29. The highest BCUT2D eigenvalue weighted by Gasteiger charge is 2.84. The van der Waals surface area contributed by atoms with E-state index in [0.29, 0.717) is 5.69 Å². The van der Waals surface area contributed by atoms with Crippen molar-refractivity contribution in [1.82, 2.24) is 4.98 Å². The minimum Gasteiger partial charge on any atom is -0.241 e. The maximum Gasteiger partial charge on any atom is 0.140 e. The molecule has 2 saturated carbocycles. The second-order valence-electron chi connectivity index (χ2n) is 9.12. The molecule has 2 aromatic rings. The molecular weight excluding hydrogens is 394 g/mol. The minimum atomic E-state index is -0.627. The molecule has 1 aromatic heterocycles. The average Bonchev–Trinajstić information content (AvgIpc) is 3.32. The van der Waals surface area contributed by atoms with E-state index in [1.807, 2.05) is 19.1 Å². The second-order valence-corrected chi connectivity index (χ2v) is 9.12. The number of pyridine rings is 1. The van der Waals surface area contributed by atoms with E-state index >= 15 is 0 Å². The Balaban J connectivity index is 1.70. The fourth-order valence-corrected chi connectivity index (χ4v) is 6.71. The van der Waals surface area contributed by atoms with Gasteiger partial charge < -0.3 is 0 Å². The molecule has 158 valence electrons. The van der Waals surface area contributed by atoms with Crippen molar-refractivity contribution in [1.29, 1.82) is 5.26 Å². The SMILES string of the molecule is CCC12C=C(c3c(F)cccc3F)N=NC13C(C)[C@]3(c1nc(C#N)ccc1C)CCC2. The van der Waals surface area contributed by atoms with Gasteiger partial charge in [-0.25, -0.2) is 13.8 Å². The molecule has 3 aliphatic rings. The van der Waals surface area contributed by atoms with Crippen LogP contribution in [-0.4, -0.2) is 10.5 Å². The number of rotatable bonds is 3. The van der Waals surface area contributed by atoms with Crippen LogP contribution in [0, 0.1) is 41.2 Å². The van der Waals surface area contributed by atoms with Gasteiger partial charge in [0.2, 0.25) is 0 Å². The first-order valence-corrected chi connectivity index (χ1v) is 10.9. The summed E-state index contributed by atoms with van der Waals surface area (Å²) in [4.78, 5) is 4.73. The van der Waals surface area contributed by atoms with E-state index in [1.54, 1.807) is 6.07 Å². The van der Waals surface area contributed by atoms with Gasteiger partial charge in [0.1, 0.15) is 28.9 Å². The van der Waals surface area contributed by atoms with Gasteiger partial charge in [0.25, 0.3) is 0 Å². The number of aryl methyl sites for hydroxylation is 1. The van der Waals surface area contributed by atoms with Crippen LogP contribution in [0.25, 0.3) is 5.70 Å². The molecule has 6 heteroatoms. The van der Waals surface area contributed by atoms with Crippen LogP contribution >= 0.6 is 0 Å². The molecule has 0 bridgehead atoms. The normalized spacial score (nSPS) is 33.2. The second kappa shape index (κ2) is 6.53. The van der Waals surface area contributed by atoms with Gasteiger partial charge in [-0.1, -0.05) is 32.4 Å². The average molecular weight is 418 g/mol. The number of azo groups is 1. The fourth-order valence-electron chi connectivity index (χ4n) is 6.71. The van der Waals surface area contributed by atoms with E-state index in [-0.39, 0.29) is 28.0 Å². The maximum absolute atomic E-state index is 14.5. The minimum absolute atomic E-state index is 0.112. The standard InChI is InChI=1S/C25H24F2N4/c1-4-23-11-6-12-24(22-15(2)9-10-17(14-28)29-22)16(3)25(23,24)31-30-20(13-23)21-18(26)7-5-8-19(21)27/h5,7-10,13,16H,4,6,11-12H2,1-3H3/t16?,23?,24-,25?/m0/s1. The molecule has 0 saturated heterocycles. The van der Waals surface area contributed by atoms with E-state index in [9.17, 15) is 14.0 Å². The molecule has 2 heterocycles. The van der Waals surface area contributed by atoms with Crippen molar-refractivity contribution in [3.8, 4) is 6.07 Å². The van der Waals surface area contributed by atoms with Crippen LogP contribution in [0.2, 0.25) is 0 Å². The molecule has 3 unspecified atom stereocenters. The first kappa shape index (κ1) is 20.0. The molecule has 1 spiro atoms. The Bertz CT molecular complexity index is 1180. The Morgan fingerprint density at radius 2 is 1.90 bits per heavy atom. The number of aromatic nitrogens is 1. The number of nitrogens with zero attached hydrogens (tertiary/aromatic N) is 4. The Morgan fingerprint density at radius 3 is 2.58 bits per heavy atom. The van der Waals surface area contributed by atoms with E-state index < -0.39 is 17.2 Å². The smallest absolute Gasteiger partial charge is 0.140 e. The fraction of sp³-hybridized carbons (Fsp3) is 0.440. The third-order valence-electron chi connectivity index (χ3n) is 8.13. The Kier molecular flexibility index (Phi) is 4.21. The highest BCUT2D eigenvalue weighted by Crippen LogP contribution is 2.79. The number of halogens is 2. The number of nitriles is 1. The summed E-state index contributed by atoms with van der Waals surface area (Å²) in [5.74, 6) is -1.09. The van der Waals surface area contributed by atoms with E-state index in [2.05, 4.69) is 25.0 Å². The van der Waals surface area contributed by atoms with Crippen LogP contribution in [0.15, 0.2) is 46.6 Å². The molecule has 1 aliphatic heterocycles. The van der Waals surface area contributed by atoms with E-state index in [0.717, 1.165) is 36.9 Å². The lowest BCUT2D eigenvalue weighted by Crippen LogP contribution is -2.45. The lowest BCUT2D eigenvalue weighted by atomic mass is 9.62. The lowest BCUT2D eigenvalue weighted by Gasteiger charge is -2.45. The lowest BCUT2D eigenvalue weighted by molar-refractivity contribution is 0.163. The van der Waals surface area contributed by atoms with Crippen molar-refractivity contribution < 1.29 is 8.78 Å². The summed E-state index contributed by atoms with van der Waals surface area (Å²) in [7, 11) is 0. The zero-order valence-electron chi connectivity index (χ0n) is 17.9. The molecule has 0 amide bonds. The van der Waals surface area contributed by atoms with Crippen molar-refractivity contribution in [2.24, 2.45) is 21.6 Å². The van der Waals surface area contributed by atoms with E-state index in [4.69, 9.17) is 10.1 Å². The highest BCUT2D eigenvalue weighted by molar-refractivity contribution is 5.69. The van der Waals surface area contributed by atoms with Crippen LogP contribution in [-0.2, 0) is 5.41 Å². The maximum atomic E-state index is 14.5. The largest absolute Gasteiger partial charge is 0.241 e. The predicted molar refractivity (Wildman–Crippen MR) is 113 cm³/mol. The zero-order chi connectivity index (χ0) is 22.0. The van der Waals surface area contributed by atoms with Gasteiger partial charge in [0.15, 0.2) is 0 Å². The molecule has 31 heavy (non-hydrogen) atoms. The van der Waals surface area contributed by atoms with Gasteiger partial charge in [-0.2, -0.15) is 15.5 Å². The summed E-state index contributed by atoms with van der Waals surface area (Å²) in [6.07, 6.45) is 5.51. The first-order valence-electron chi connectivity index (χ1n) is 10.9. The van der Waals surface area contributed by atoms with Gasteiger partial charge >= 0.3 is 0 Å². The van der Waals surface area contributed by atoms with Crippen molar-refractivity contribution in [3.05, 3.63) is 70.6 Å². The molecule has 4 atom stereocenters. The molecule has 4 nitrogen and oxygen atoms in total. The molecule has 0 N–H and O–H groups in total. The first-order chi connectivity index (χ1) is 14.9. The molecule has 1 aromatic carbocycles. The quantitative estimate of drug-likeness (QED) is 0.591. The van der Waals surface area contributed by atoms with Crippen molar-refractivity contribution in [2.45, 2.75) is 57.4 Å². The van der Waals surface area contributed by atoms with Crippen molar-refractivity contribution in [2.75, 3.05) is 0 Å². The van der Waals surface area contributed by atoms with Gasteiger partial charge in [-0.3, -0.25) is 0 Å². The van der Waals surface area contributed by atoms with Crippen molar-refractivity contribution in [3.63, 3.8) is 0 Å². The van der Waals surface area contributed by atoms with Crippen LogP contribution in [0.3, 0.4) is 0 Å². The van der Waals surface area contributed by atoms with Gasteiger partial charge in [0.05, 0.1) is 17.0 Å². The van der Waals surface area contributed by atoms with Gasteiger partial charge in [0, 0.05) is 10.8 Å². The number of benzene rings is 1. The summed E-state index contributed by atoms with van der Waals surface area (Å²) < 4.78 is 29.0. The molecule has 0 radical (unpaired) electrons. The summed E-state index contributed by atoms with van der Waals surface area (Å²) >= 11 is 0. The third-order valence-corrected chi connectivity index (χ3v) is 8.13. The summed E-state index contributed by atoms with van der Waals surface area (Å²) in [6.45, 7) is 6.31. The summed E-state index contributed by atoms with van der Waals surface area (Å²) in [5, 5.41) is 18.7. The Labute approximate surface area is 180 Å². The highest BCUT2D eigenvalue weighted by atomic mass is 19.1. The van der Waals surface area contributed by atoms with Crippen LogP contribution in [0.1, 0.15) is 62.0 Å². The number of hydrogen-bond donors (Lipinski definition) is 0.